The molecule has 0 aliphatic carbocycles. The fraction of sp³-hybridized carbons (Fsp3) is 0.389. The van der Waals surface area contributed by atoms with Crippen molar-refractivity contribution >= 4 is 29.0 Å². The first kappa shape index (κ1) is 17.0. The Balaban J connectivity index is 1.64. The second-order valence-electron chi connectivity index (χ2n) is 6.23. The van der Waals surface area contributed by atoms with E-state index in [-0.39, 0.29) is 11.8 Å². The van der Waals surface area contributed by atoms with Crippen molar-refractivity contribution in [1.82, 2.24) is 5.16 Å². The number of amides is 2. The molecule has 1 unspecified atom stereocenters. The van der Waals surface area contributed by atoms with Gasteiger partial charge in [-0.15, -0.1) is 0 Å². The largest absolute Gasteiger partial charge is 0.374 e. The zero-order valence-electron chi connectivity index (χ0n) is 14.4. The van der Waals surface area contributed by atoms with Gasteiger partial charge >= 0.3 is 0 Å². The van der Waals surface area contributed by atoms with Gasteiger partial charge in [-0.05, 0) is 44.9 Å². The van der Waals surface area contributed by atoms with Crippen molar-refractivity contribution in [2.45, 2.75) is 39.2 Å². The van der Waals surface area contributed by atoms with E-state index < -0.39 is 6.04 Å². The maximum absolute atomic E-state index is 12.2. The molecule has 1 aliphatic heterocycles. The minimum absolute atomic E-state index is 0.149. The fourth-order valence-corrected chi connectivity index (χ4v) is 2.82. The number of carbonyl (C=O) groups is 2. The molecule has 1 aliphatic rings. The predicted octanol–water partition coefficient (Wildman–Crippen LogP) is 2.94. The average Bonchev–Trinajstić information content (AvgIpc) is 3.00. The summed E-state index contributed by atoms with van der Waals surface area (Å²) in [4.78, 5) is 26.1. The molecule has 1 atom stereocenters. The van der Waals surface area contributed by atoms with Gasteiger partial charge in [-0.1, -0.05) is 11.2 Å². The lowest BCUT2D eigenvalue weighted by Gasteiger charge is -2.27. The van der Waals surface area contributed by atoms with Crippen LogP contribution in [0.25, 0.3) is 0 Å². The van der Waals surface area contributed by atoms with Crippen LogP contribution in [-0.2, 0) is 9.59 Å². The highest BCUT2D eigenvalue weighted by Gasteiger charge is 2.20. The second-order valence-corrected chi connectivity index (χ2v) is 6.23. The van der Waals surface area contributed by atoms with E-state index in [1.54, 1.807) is 24.8 Å². The summed E-state index contributed by atoms with van der Waals surface area (Å²) >= 11 is 0. The predicted molar refractivity (Wildman–Crippen MR) is 95.6 cm³/mol. The number of aryl methyl sites for hydroxylation is 1. The number of benzene rings is 1. The Labute approximate surface area is 146 Å². The van der Waals surface area contributed by atoms with Crippen LogP contribution in [0.15, 0.2) is 34.9 Å². The Morgan fingerprint density at radius 2 is 2.16 bits per heavy atom. The number of nitrogens with zero attached hydrogens (tertiary/aromatic N) is 2. The number of anilines is 3. The Morgan fingerprint density at radius 1 is 1.32 bits per heavy atom. The van der Waals surface area contributed by atoms with Gasteiger partial charge in [0.1, 0.15) is 11.8 Å². The standard InChI is InChI=1S/C18H22N4O3/c1-12-10-16(21-25-12)20-18(24)13(2)19-14-6-5-7-15(11-14)22-9-4-3-8-17(22)23/h5-7,10-11,13,19H,3-4,8-9H2,1-2H3,(H,20,21,24). The maximum Gasteiger partial charge on any atom is 0.247 e. The lowest BCUT2D eigenvalue weighted by molar-refractivity contribution is -0.119. The third kappa shape index (κ3) is 4.17. The minimum atomic E-state index is -0.468. The Morgan fingerprint density at radius 3 is 2.88 bits per heavy atom. The summed E-state index contributed by atoms with van der Waals surface area (Å²) in [6.07, 6.45) is 2.55. The van der Waals surface area contributed by atoms with Gasteiger partial charge in [0.15, 0.2) is 5.82 Å². The van der Waals surface area contributed by atoms with Crippen LogP contribution >= 0.6 is 0 Å². The number of aromatic nitrogens is 1. The third-order valence-corrected chi connectivity index (χ3v) is 4.14. The van der Waals surface area contributed by atoms with Gasteiger partial charge in [-0.2, -0.15) is 0 Å². The lowest BCUT2D eigenvalue weighted by Crippen LogP contribution is -2.35. The van der Waals surface area contributed by atoms with Crippen molar-refractivity contribution in [2.75, 3.05) is 22.1 Å². The molecular weight excluding hydrogens is 320 g/mol. The molecule has 1 saturated heterocycles. The molecule has 2 amide bonds. The molecule has 2 N–H and O–H groups in total. The Kier molecular flexibility index (Phi) is 5.02. The van der Waals surface area contributed by atoms with Gasteiger partial charge in [-0.3, -0.25) is 9.59 Å². The Bertz CT molecular complexity index is 771. The number of hydrogen-bond acceptors (Lipinski definition) is 5. The second kappa shape index (κ2) is 7.38. The number of nitrogens with one attached hydrogen (secondary N) is 2. The van der Waals surface area contributed by atoms with Crippen LogP contribution < -0.4 is 15.5 Å². The van der Waals surface area contributed by atoms with E-state index in [9.17, 15) is 9.59 Å². The van der Waals surface area contributed by atoms with Crippen LogP contribution in [0, 0.1) is 6.92 Å². The number of carbonyl (C=O) groups excluding carboxylic acids is 2. The highest BCUT2D eigenvalue weighted by atomic mass is 16.5. The summed E-state index contributed by atoms with van der Waals surface area (Å²) in [6, 6.07) is 8.76. The van der Waals surface area contributed by atoms with Crippen molar-refractivity contribution in [3.05, 3.63) is 36.1 Å². The molecule has 0 spiro atoms. The van der Waals surface area contributed by atoms with Crippen LogP contribution in [0.1, 0.15) is 31.9 Å². The molecule has 2 aromatic rings. The van der Waals surface area contributed by atoms with E-state index in [0.717, 1.165) is 30.8 Å². The molecule has 1 aromatic heterocycles. The first-order chi connectivity index (χ1) is 12.0. The SMILES string of the molecule is Cc1cc(NC(=O)C(C)Nc2cccc(N3CCCCC3=O)c2)no1. The average molecular weight is 342 g/mol. The first-order valence-corrected chi connectivity index (χ1v) is 8.44. The molecule has 1 aromatic carbocycles. The van der Waals surface area contributed by atoms with Gasteiger partial charge in [-0.25, -0.2) is 0 Å². The summed E-state index contributed by atoms with van der Waals surface area (Å²) < 4.78 is 4.93. The molecule has 7 nitrogen and oxygen atoms in total. The van der Waals surface area contributed by atoms with E-state index in [2.05, 4.69) is 15.8 Å². The quantitative estimate of drug-likeness (QED) is 0.872. The van der Waals surface area contributed by atoms with Crippen LogP contribution in [0.3, 0.4) is 0 Å². The summed E-state index contributed by atoms with van der Waals surface area (Å²) in [5.74, 6) is 0.960. The van der Waals surface area contributed by atoms with Crippen LogP contribution in [0.4, 0.5) is 17.2 Å². The monoisotopic (exact) mass is 342 g/mol. The Hall–Kier alpha value is -2.83. The molecule has 1 fully saturated rings. The van der Waals surface area contributed by atoms with Crippen molar-refractivity contribution < 1.29 is 14.1 Å². The van der Waals surface area contributed by atoms with E-state index >= 15 is 0 Å². The molecule has 0 saturated carbocycles. The van der Waals surface area contributed by atoms with E-state index in [0.29, 0.717) is 18.0 Å². The van der Waals surface area contributed by atoms with Crippen LogP contribution in [0.2, 0.25) is 0 Å². The zero-order valence-corrected chi connectivity index (χ0v) is 14.4. The summed E-state index contributed by atoms with van der Waals surface area (Å²) in [5, 5.41) is 9.60. The molecule has 2 heterocycles. The molecule has 25 heavy (non-hydrogen) atoms. The smallest absolute Gasteiger partial charge is 0.247 e. The molecule has 0 bridgehead atoms. The van der Waals surface area contributed by atoms with Gasteiger partial charge in [0, 0.05) is 30.4 Å². The number of piperidine rings is 1. The number of hydrogen-bond donors (Lipinski definition) is 2. The van der Waals surface area contributed by atoms with Crippen molar-refractivity contribution in [1.29, 1.82) is 0 Å². The van der Waals surface area contributed by atoms with Gasteiger partial charge in [0.25, 0.3) is 0 Å². The fourth-order valence-electron chi connectivity index (χ4n) is 2.82. The highest BCUT2D eigenvalue weighted by molar-refractivity contribution is 5.96. The maximum atomic E-state index is 12.2. The summed E-state index contributed by atoms with van der Waals surface area (Å²) in [5.41, 5.74) is 1.64. The molecule has 132 valence electrons. The van der Waals surface area contributed by atoms with Gasteiger partial charge in [0.05, 0.1) is 0 Å². The molecular formula is C18H22N4O3. The van der Waals surface area contributed by atoms with Crippen LogP contribution in [0.5, 0.6) is 0 Å². The number of rotatable bonds is 5. The highest BCUT2D eigenvalue weighted by Crippen LogP contribution is 2.24. The van der Waals surface area contributed by atoms with E-state index in [1.165, 1.54) is 0 Å². The third-order valence-electron chi connectivity index (χ3n) is 4.14. The molecule has 7 heteroatoms. The normalized spacial score (nSPS) is 15.8. The van der Waals surface area contributed by atoms with Crippen molar-refractivity contribution in [2.24, 2.45) is 0 Å². The minimum Gasteiger partial charge on any atom is -0.374 e. The molecule has 0 radical (unpaired) electrons. The topological polar surface area (TPSA) is 87.5 Å². The van der Waals surface area contributed by atoms with E-state index in [4.69, 9.17) is 4.52 Å². The van der Waals surface area contributed by atoms with Crippen LogP contribution in [-0.4, -0.2) is 29.6 Å². The van der Waals surface area contributed by atoms with Gasteiger partial charge in [0.2, 0.25) is 11.8 Å². The van der Waals surface area contributed by atoms with Gasteiger partial charge < -0.3 is 20.1 Å². The van der Waals surface area contributed by atoms with Crippen molar-refractivity contribution in [3.63, 3.8) is 0 Å². The molecule has 3 rings (SSSR count). The lowest BCUT2D eigenvalue weighted by atomic mass is 10.1. The summed E-state index contributed by atoms with van der Waals surface area (Å²) in [7, 11) is 0. The van der Waals surface area contributed by atoms with E-state index in [1.807, 2.05) is 24.3 Å². The zero-order chi connectivity index (χ0) is 17.8. The summed E-state index contributed by atoms with van der Waals surface area (Å²) in [6.45, 7) is 4.27. The van der Waals surface area contributed by atoms with Crippen molar-refractivity contribution in [3.8, 4) is 0 Å². The first-order valence-electron chi connectivity index (χ1n) is 8.44.